The Balaban J connectivity index is 2.23. The van der Waals surface area contributed by atoms with E-state index in [1.165, 1.54) is 17.3 Å². The Hall–Kier alpha value is -1.35. The van der Waals surface area contributed by atoms with Crippen LogP contribution in [0.15, 0.2) is 30.5 Å². The van der Waals surface area contributed by atoms with E-state index in [0.717, 1.165) is 13.0 Å². The molecular weight excluding hydrogens is 222 g/mol. The molecule has 0 spiro atoms. The molecule has 0 aliphatic rings. The van der Waals surface area contributed by atoms with Crippen molar-refractivity contribution < 1.29 is 0 Å². The molecule has 18 heavy (non-hydrogen) atoms. The number of nitrogens with zero attached hydrogens (tertiary/aromatic N) is 2. The van der Waals surface area contributed by atoms with E-state index in [-0.39, 0.29) is 0 Å². The van der Waals surface area contributed by atoms with Crippen LogP contribution in [0.2, 0.25) is 0 Å². The quantitative estimate of drug-likeness (QED) is 0.845. The smallest absolute Gasteiger partial charge is 0.0686 e. The maximum atomic E-state index is 4.55. The van der Waals surface area contributed by atoms with Gasteiger partial charge in [0.2, 0.25) is 0 Å². The Labute approximate surface area is 109 Å². The van der Waals surface area contributed by atoms with Crippen LogP contribution in [0.5, 0.6) is 0 Å². The highest BCUT2D eigenvalue weighted by molar-refractivity contribution is 5.78. The Kier molecular flexibility index (Phi) is 4.37. The predicted molar refractivity (Wildman–Crippen MR) is 76.8 cm³/mol. The molecule has 2 unspecified atom stereocenters. The Morgan fingerprint density at radius 1 is 1.28 bits per heavy atom. The summed E-state index contributed by atoms with van der Waals surface area (Å²) in [5.74, 6) is 0. The summed E-state index contributed by atoms with van der Waals surface area (Å²) in [7, 11) is 0. The minimum Gasteiger partial charge on any atom is -0.312 e. The summed E-state index contributed by atoms with van der Waals surface area (Å²) in [4.78, 5) is 0. The summed E-state index contributed by atoms with van der Waals surface area (Å²) in [5.41, 5.74) is 1.22. The van der Waals surface area contributed by atoms with Gasteiger partial charge in [-0.2, -0.15) is 5.10 Å². The second-order valence-corrected chi connectivity index (χ2v) is 4.86. The monoisotopic (exact) mass is 245 g/mol. The number of hydrogen-bond acceptors (Lipinski definition) is 2. The number of hydrogen-bond donors (Lipinski definition) is 1. The number of para-hydroxylation sites is 1. The van der Waals surface area contributed by atoms with Crippen LogP contribution in [0.4, 0.5) is 0 Å². The van der Waals surface area contributed by atoms with E-state index in [0.29, 0.717) is 12.1 Å². The topological polar surface area (TPSA) is 29.9 Å². The summed E-state index contributed by atoms with van der Waals surface area (Å²) in [6.07, 6.45) is 4.25. The lowest BCUT2D eigenvalue weighted by molar-refractivity contribution is 0.346. The van der Waals surface area contributed by atoms with Crippen LogP contribution in [-0.2, 0) is 0 Å². The molecule has 0 bridgehead atoms. The van der Waals surface area contributed by atoms with Gasteiger partial charge in [0, 0.05) is 11.4 Å². The molecular formula is C15H23N3. The van der Waals surface area contributed by atoms with Gasteiger partial charge in [-0.25, -0.2) is 0 Å². The van der Waals surface area contributed by atoms with E-state index in [4.69, 9.17) is 0 Å². The minimum atomic E-state index is 0.376. The van der Waals surface area contributed by atoms with E-state index in [1.54, 1.807) is 0 Å². The fraction of sp³-hybridized carbons (Fsp3) is 0.533. The van der Waals surface area contributed by atoms with Crippen molar-refractivity contribution in [2.45, 2.75) is 45.7 Å². The second-order valence-electron chi connectivity index (χ2n) is 4.86. The predicted octanol–water partition coefficient (Wildman–Crippen LogP) is 3.38. The number of fused-ring (bicyclic) bond motifs is 1. The van der Waals surface area contributed by atoms with Crippen molar-refractivity contribution in [3.8, 4) is 0 Å². The molecule has 0 fully saturated rings. The molecule has 0 saturated carbocycles. The molecule has 1 aromatic heterocycles. The fourth-order valence-corrected chi connectivity index (χ4v) is 2.47. The molecule has 3 nitrogen and oxygen atoms in total. The molecule has 0 saturated heterocycles. The fourth-order valence-electron chi connectivity index (χ4n) is 2.47. The van der Waals surface area contributed by atoms with Crippen molar-refractivity contribution in [1.82, 2.24) is 15.1 Å². The zero-order chi connectivity index (χ0) is 13.0. The first-order valence-electron chi connectivity index (χ1n) is 6.93. The lowest BCUT2D eigenvalue weighted by Crippen LogP contribution is -2.36. The van der Waals surface area contributed by atoms with Crippen molar-refractivity contribution >= 4 is 10.9 Å². The van der Waals surface area contributed by atoms with Crippen LogP contribution in [0.1, 0.15) is 39.7 Å². The lowest BCUT2D eigenvalue weighted by atomic mass is 10.1. The maximum absolute atomic E-state index is 4.55. The SMILES string of the molecule is CCCNC(CC)C(C)n1ncc2ccccc21. The van der Waals surface area contributed by atoms with Gasteiger partial charge >= 0.3 is 0 Å². The Morgan fingerprint density at radius 2 is 2.06 bits per heavy atom. The minimum absolute atomic E-state index is 0.376. The molecule has 2 rings (SSSR count). The van der Waals surface area contributed by atoms with E-state index in [2.05, 4.69) is 60.1 Å². The summed E-state index contributed by atoms with van der Waals surface area (Å²) in [5, 5.41) is 9.38. The van der Waals surface area contributed by atoms with Crippen LogP contribution in [0, 0.1) is 0 Å². The summed E-state index contributed by atoms with van der Waals surface area (Å²) < 4.78 is 2.14. The van der Waals surface area contributed by atoms with Gasteiger partial charge < -0.3 is 5.32 Å². The summed E-state index contributed by atoms with van der Waals surface area (Å²) >= 11 is 0. The van der Waals surface area contributed by atoms with E-state index in [9.17, 15) is 0 Å². The summed E-state index contributed by atoms with van der Waals surface area (Å²) in [6.45, 7) is 7.75. The van der Waals surface area contributed by atoms with Crippen LogP contribution in [0.25, 0.3) is 10.9 Å². The molecule has 0 aliphatic heterocycles. The standard InChI is InChI=1S/C15H23N3/c1-4-10-16-14(5-2)12(3)18-15-9-7-6-8-13(15)11-17-18/h6-9,11-12,14,16H,4-5,10H2,1-3H3. The van der Waals surface area contributed by atoms with Crippen LogP contribution in [0.3, 0.4) is 0 Å². The largest absolute Gasteiger partial charge is 0.312 e. The second kappa shape index (κ2) is 6.01. The molecule has 2 atom stereocenters. The number of benzene rings is 1. The van der Waals surface area contributed by atoms with Gasteiger partial charge in [0.05, 0.1) is 17.8 Å². The zero-order valence-corrected chi connectivity index (χ0v) is 11.6. The van der Waals surface area contributed by atoms with Gasteiger partial charge in [0.25, 0.3) is 0 Å². The number of aromatic nitrogens is 2. The third kappa shape index (κ3) is 2.56. The normalized spacial score (nSPS) is 14.8. The Morgan fingerprint density at radius 3 is 2.78 bits per heavy atom. The first kappa shape index (κ1) is 13.1. The van der Waals surface area contributed by atoms with Crippen LogP contribution in [-0.4, -0.2) is 22.4 Å². The molecule has 1 N–H and O–H groups in total. The molecule has 1 heterocycles. The third-order valence-electron chi connectivity index (χ3n) is 3.57. The van der Waals surface area contributed by atoms with Gasteiger partial charge in [0.1, 0.15) is 0 Å². The highest BCUT2D eigenvalue weighted by Gasteiger charge is 2.18. The first-order chi connectivity index (χ1) is 8.77. The average Bonchev–Trinajstić information content (AvgIpc) is 2.83. The Bertz CT molecular complexity index is 489. The average molecular weight is 245 g/mol. The van der Waals surface area contributed by atoms with Gasteiger partial charge in [-0.1, -0.05) is 32.0 Å². The highest BCUT2D eigenvalue weighted by atomic mass is 15.3. The van der Waals surface area contributed by atoms with Crippen molar-refractivity contribution in [2.24, 2.45) is 0 Å². The van der Waals surface area contributed by atoms with Crippen molar-refractivity contribution in [3.63, 3.8) is 0 Å². The first-order valence-corrected chi connectivity index (χ1v) is 6.93. The lowest BCUT2D eigenvalue weighted by Gasteiger charge is -2.25. The molecule has 0 aliphatic carbocycles. The van der Waals surface area contributed by atoms with Crippen molar-refractivity contribution in [1.29, 1.82) is 0 Å². The molecule has 1 aromatic carbocycles. The van der Waals surface area contributed by atoms with E-state index in [1.807, 2.05) is 6.20 Å². The molecule has 0 amide bonds. The van der Waals surface area contributed by atoms with Gasteiger partial charge in [-0.3, -0.25) is 4.68 Å². The maximum Gasteiger partial charge on any atom is 0.0686 e. The third-order valence-corrected chi connectivity index (χ3v) is 3.57. The molecule has 3 heteroatoms. The zero-order valence-electron chi connectivity index (χ0n) is 11.6. The summed E-state index contributed by atoms with van der Waals surface area (Å²) in [6, 6.07) is 9.26. The van der Waals surface area contributed by atoms with Gasteiger partial charge in [-0.05, 0) is 32.4 Å². The van der Waals surface area contributed by atoms with E-state index < -0.39 is 0 Å². The van der Waals surface area contributed by atoms with Crippen molar-refractivity contribution in [3.05, 3.63) is 30.5 Å². The molecule has 98 valence electrons. The van der Waals surface area contributed by atoms with Crippen LogP contribution < -0.4 is 5.32 Å². The van der Waals surface area contributed by atoms with Gasteiger partial charge in [0.15, 0.2) is 0 Å². The van der Waals surface area contributed by atoms with Crippen molar-refractivity contribution in [2.75, 3.05) is 6.54 Å². The highest BCUT2D eigenvalue weighted by Crippen LogP contribution is 2.20. The van der Waals surface area contributed by atoms with Crippen LogP contribution >= 0.6 is 0 Å². The molecule has 2 aromatic rings. The molecule has 0 radical (unpaired) electrons. The van der Waals surface area contributed by atoms with Gasteiger partial charge in [-0.15, -0.1) is 0 Å². The number of nitrogens with one attached hydrogen (secondary N) is 1. The number of rotatable bonds is 6. The van der Waals surface area contributed by atoms with E-state index >= 15 is 0 Å².